The summed E-state index contributed by atoms with van der Waals surface area (Å²) in [4.78, 5) is 0. The Balaban J connectivity index is 2.46. The smallest absolute Gasteiger partial charge is 0.142 e. The molecule has 5 heteroatoms. The van der Waals surface area contributed by atoms with E-state index in [1.165, 1.54) is 11.3 Å². The largest absolute Gasteiger partial charge is 0.306 e. The molecule has 0 amide bonds. The third-order valence-corrected chi connectivity index (χ3v) is 3.63. The molecule has 1 unspecified atom stereocenters. The topological polar surface area (TPSA) is 12.0 Å². The lowest BCUT2D eigenvalue weighted by molar-refractivity contribution is 0.545. The van der Waals surface area contributed by atoms with Gasteiger partial charge >= 0.3 is 0 Å². The Labute approximate surface area is 113 Å². The Morgan fingerprint density at radius 1 is 1.33 bits per heavy atom. The van der Waals surface area contributed by atoms with E-state index in [2.05, 4.69) is 5.32 Å². The van der Waals surface area contributed by atoms with Gasteiger partial charge in [0.15, 0.2) is 0 Å². The minimum absolute atomic E-state index is 0.197. The van der Waals surface area contributed by atoms with Crippen LogP contribution in [0.25, 0.3) is 0 Å². The van der Waals surface area contributed by atoms with Crippen LogP contribution in [0.3, 0.4) is 0 Å². The third kappa shape index (κ3) is 2.71. The van der Waals surface area contributed by atoms with E-state index < -0.39 is 11.6 Å². The van der Waals surface area contributed by atoms with Gasteiger partial charge in [-0.1, -0.05) is 18.5 Å². The molecule has 18 heavy (non-hydrogen) atoms. The van der Waals surface area contributed by atoms with Crippen LogP contribution in [0, 0.1) is 11.6 Å². The molecule has 0 aliphatic heterocycles. The highest BCUT2D eigenvalue weighted by molar-refractivity contribution is 7.08. The van der Waals surface area contributed by atoms with E-state index in [1.807, 2.05) is 23.8 Å². The van der Waals surface area contributed by atoms with Crippen LogP contribution in [-0.2, 0) is 0 Å². The van der Waals surface area contributed by atoms with Crippen LogP contribution >= 0.6 is 22.9 Å². The summed E-state index contributed by atoms with van der Waals surface area (Å²) in [6.45, 7) is 2.58. The molecule has 1 aromatic heterocycles. The fraction of sp³-hybridized carbons (Fsp3) is 0.231. The monoisotopic (exact) mass is 287 g/mol. The normalized spacial score (nSPS) is 12.7. The van der Waals surface area contributed by atoms with Crippen LogP contribution in [0.5, 0.6) is 0 Å². The molecule has 0 fully saturated rings. The summed E-state index contributed by atoms with van der Waals surface area (Å²) in [5, 5.41) is 6.77. The van der Waals surface area contributed by atoms with Crippen molar-refractivity contribution < 1.29 is 8.78 Å². The number of hydrogen-bond donors (Lipinski definition) is 1. The van der Waals surface area contributed by atoms with Gasteiger partial charge in [-0.3, -0.25) is 0 Å². The van der Waals surface area contributed by atoms with E-state index in [1.54, 1.807) is 0 Å². The van der Waals surface area contributed by atoms with Gasteiger partial charge in [0.2, 0.25) is 0 Å². The summed E-state index contributed by atoms with van der Waals surface area (Å²) in [5.41, 5.74) is 1.19. The lowest BCUT2D eigenvalue weighted by atomic mass is 10.0. The first-order valence-corrected chi connectivity index (χ1v) is 6.85. The molecule has 0 radical (unpaired) electrons. The van der Waals surface area contributed by atoms with Crippen LogP contribution in [0.2, 0.25) is 5.02 Å². The van der Waals surface area contributed by atoms with Crippen molar-refractivity contribution >= 4 is 22.9 Å². The van der Waals surface area contributed by atoms with Gasteiger partial charge in [-0.25, -0.2) is 8.78 Å². The van der Waals surface area contributed by atoms with E-state index in [-0.39, 0.29) is 16.6 Å². The first kappa shape index (κ1) is 13.5. The molecule has 0 saturated heterocycles. The Morgan fingerprint density at radius 3 is 2.72 bits per heavy atom. The highest BCUT2D eigenvalue weighted by atomic mass is 35.5. The van der Waals surface area contributed by atoms with Crippen molar-refractivity contribution in [2.75, 3.05) is 6.54 Å². The molecule has 2 rings (SSSR count). The Bertz CT molecular complexity index is 528. The van der Waals surface area contributed by atoms with Crippen molar-refractivity contribution in [3.05, 3.63) is 56.7 Å². The summed E-state index contributed by atoms with van der Waals surface area (Å²) in [6.07, 6.45) is 0. The summed E-state index contributed by atoms with van der Waals surface area (Å²) in [6, 6.07) is 3.71. The van der Waals surface area contributed by atoms with Crippen LogP contribution < -0.4 is 5.32 Å². The minimum Gasteiger partial charge on any atom is -0.306 e. The van der Waals surface area contributed by atoms with Gasteiger partial charge in [-0.05, 0) is 41.1 Å². The second kappa shape index (κ2) is 5.78. The van der Waals surface area contributed by atoms with E-state index in [9.17, 15) is 8.78 Å². The summed E-state index contributed by atoms with van der Waals surface area (Å²) in [7, 11) is 0. The van der Waals surface area contributed by atoms with Crippen molar-refractivity contribution in [1.29, 1.82) is 0 Å². The fourth-order valence-corrected chi connectivity index (χ4v) is 2.65. The SMILES string of the molecule is CCNC(c1ccsc1)c1cc(F)c(Cl)cc1F. The molecular formula is C13H12ClF2NS. The van der Waals surface area contributed by atoms with Crippen molar-refractivity contribution in [2.24, 2.45) is 0 Å². The van der Waals surface area contributed by atoms with Gasteiger partial charge < -0.3 is 5.32 Å². The highest BCUT2D eigenvalue weighted by Crippen LogP contribution is 2.29. The third-order valence-electron chi connectivity index (χ3n) is 2.64. The molecule has 2 aromatic rings. The van der Waals surface area contributed by atoms with Crippen LogP contribution in [0.4, 0.5) is 8.78 Å². The average Bonchev–Trinajstić information content (AvgIpc) is 2.85. The van der Waals surface area contributed by atoms with Crippen LogP contribution in [0.15, 0.2) is 29.0 Å². The van der Waals surface area contributed by atoms with Gasteiger partial charge in [0.1, 0.15) is 11.6 Å². The first-order chi connectivity index (χ1) is 8.63. The van der Waals surface area contributed by atoms with Gasteiger partial charge in [0, 0.05) is 5.56 Å². The van der Waals surface area contributed by atoms with Crippen molar-refractivity contribution in [2.45, 2.75) is 13.0 Å². The maximum absolute atomic E-state index is 13.9. The summed E-state index contributed by atoms with van der Waals surface area (Å²) >= 11 is 7.08. The molecule has 96 valence electrons. The van der Waals surface area contributed by atoms with Crippen molar-refractivity contribution in [3.8, 4) is 0 Å². The standard InChI is InChI=1S/C13H12ClF2NS/c1-2-17-13(8-3-4-18-7-8)9-5-12(16)10(14)6-11(9)15/h3-7,13,17H,2H2,1H3. The average molecular weight is 288 g/mol. The quantitative estimate of drug-likeness (QED) is 0.823. The van der Waals surface area contributed by atoms with E-state index in [0.717, 1.165) is 17.7 Å². The second-order valence-corrected chi connectivity index (χ2v) is 5.02. The molecule has 1 heterocycles. The summed E-state index contributed by atoms with van der Waals surface area (Å²) < 4.78 is 27.4. The van der Waals surface area contributed by atoms with Gasteiger partial charge in [0.05, 0.1) is 11.1 Å². The van der Waals surface area contributed by atoms with Crippen LogP contribution in [0.1, 0.15) is 24.1 Å². The van der Waals surface area contributed by atoms with Crippen molar-refractivity contribution in [1.82, 2.24) is 5.32 Å². The number of hydrogen-bond acceptors (Lipinski definition) is 2. The Kier molecular flexibility index (Phi) is 4.32. The van der Waals surface area contributed by atoms with E-state index in [4.69, 9.17) is 11.6 Å². The number of nitrogens with one attached hydrogen (secondary N) is 1. The molecule has 0 aliphatic rings. The van der Waals surface area contributed by atoms with E-state index >= 15 is 0 Å². The molecule has 0 spiro atoms. The van der Waals surface area contributed by atoms with Crippen LogP contribution in [-0.4, -0.2) is 6.54 Å². The molecule has 1 nitrogen and oxygen atoms in total. The second-order valence-electron chi connectivity index (χ2n) is 3.84. The molecule has 0 aliphatic carbocycles. The van der Waals surface area contributed by atoms with Gasteiger partial charge in [-0.2, -0.15) is 11.3 Å². The van der Waals surface area contributed by atoms with E-state index in [0.29, 0.717) is 6.54 Å². The first-order valence-electron chi connectivity index (χ1n) is 5.53. The molecule has 0 saturated carbocycles. The minimum atomic E-state index is -0.605. The lowest BCUT2D eigenvalue weighted by Crippen LogP contribution is -2.22. The molecule has 0 bridgehead atoms. The fourth-order valence-electron chi connectivity index (χ4n) is 1.81. The Morgan fingerprint density at radius 2 is 2.11 bits per heavy atom. The maximum atomic E-state index is 13.9. The number of halogens is 3. The molecule has 1 atom stereocenters. The molecule has 1 aromatic carbocycles. The van der Waals surface area contributed by atoms with Crippen molar-refractivity contribution in [3.63, 3.8) is 0 Å². The zero-order chi connectivity index (χ0) is 13.1. The maximum Gasteiger partial charge on any atom is 0.142 e. The zero-order valence-electron chi connectivity index (χ0n) is 9.71. The lowest BCUT2D eigenvalue weighted by Gasteiger charge is -2.18. The predicted octanol–water partition coefficient (Wildman–Crippen LogP) is 4.38. The molecular weight excluding hydrogens is 276 g/mol. The number of thiophene rings is 1. The van der Waals surface area contributed by atoms with Gasteiger partial charge in [0.25, 0.3) is 0 Å². The zero-order valence-corrected chi connectivity index (χ0v) is 11.3. The number of rotatable bonds is 4. The molecule has 1 N–H and O–H groups in total. The number of benzene rings is 1. The Hall–Kier alpha value is -0.970. The van der Waals surface area contributed by atoms with Gasteiger partial charge in [-0.15, -0.1) is 0 Å². The predicted molar refractivity (Wildman–Crippen MR) is 71.2 cm³/mol. The summed E-state index contributed by atoms with van der Waals surface area (Å²) in [5.74, 6) is -1.11. The highest BCUT2D eigenvalue weighted by Gasteiger charge is 2.19.